The fraction of sp³-hybridized carbons (Fsp3) is 0.357. The number of cyclic esters (lactones) is 1. The fourth-order valence-corrected chi connectivity index (χ4v) is 12.9. The molecule has 0 saturated carbocycles. The quantitative estimate of drug-likeness (QED) is 0.165. The maximum atomic E-state index is 15.2. The van der Waals surface area contributed by atoms with E-state index in [9.17, 15) is 14.7 Å². The Hall–Kier alpha value is -4.68. The van der Waals surface area contributed by atoms with Crippen molar-refractivity contribution >= 4 is 54.1 Å². The van der Waals surface area contributed by atoms with Crippen LogP contribution in [0.2, 0.25) is 23.7 Å². The third-order valence-corrected chi connectivity index (χ3v) is 16.1. The number of fused-ring (bicyclic) bond motifs is 2. The Kier molecular flexibility index (Phi) is 10.6. The molecule has 2 saturated heterocycles. The number of ether oxygens (including phenoxy) is 3. The Morgan fingerprint density at radius 1 is 1.00 bits per heavy atom. The first-order valence-corrected chi connectivity index (χ1v) is 21.8. The van der Waals surface area contributed by atoms with Gasteiger partial charge in [0.2, 0.25) is 5.91 Å². The van der Waals surface area contributed by atoms with Gasteiger partial charge in [-0.3, -0.25) is 14.5 Å². The van der Waals surface area contributed by atoms with Crippen LogP contribution in [0.3, 0.4) is 0 Å². The van der Waals surface area contributed by atoms with Gasteiger partial charge >= 0.3 is 6.09 Å². The number of amides is 3. The van der Waals surface area contributed by atoms with Gasteiger partial charge in [0, 0.05) is 35.3 Å². The highest BCUT2D eigenvalue weighted by Gasteiger charge is 2.66. The van der Waals surface area contributed by atoms with E-state index in [1.54, 1.807) is 27.9 Å². The van der Waals surface area contributed by atoms with Gasteiger partial charge in [-0.25, -0.2) is 4.79 Å². The molecule has 0 unspecified atom stereocenters. The van der Waals surface area contributed by atoms with Crippen LogP contribution in [-0.4, -0.2) is 75.5 Å². The van der Waals surface area contributed by atoms with E-state index in [-0.39, 0.29) is 55.5 Å². The number of methoxy groups -OCH3 is 1. The van der Waals surface area contributed by atoms with Gasteiger partial charge < -0.3 is 29.1 Å². The van der Waals surface area contributed by atoms with Crippen LogP contribution in [0.5, 0.6) is 5.75 Å². The van der Waals surface area contributed by atoms with Crippen LogP contribution in [0.4, 0.5) is 16.2 Å². The van der Waals surface area contributed by atoms with E-state index in [4.69, 9.17) is 25.8 Å². The molecular formula is C42H46ClN3O7Si. The molecule has 54 heavy (non-hydrogen) atoms. The minimum Gasteiger partial charge on any atom is -0.497 e. The summed E-state index contributed by atoms with van der Waals surface area (Å²) in [6.45, 7) is 8.08. The van der Waals surface area contributed by atoms with Gasteiger partial charge in [0.15, 0.2) is 5.60 Å². The smallest absolute Gasteiger partial charge is 0.414 e. The molecular weight excluding hydrogens is 722 g/mol. The van der Waals surface area contributed by atoms with E-state index in [0.717, 1.165) is 27.8 Å². The van der Waals surface area contributed by atoms with Crippen molar-refractivity contribution in [2.75, 3.05) is 43.2 Å². The highest BCUT2D eigenvalue weighted by Crippen LogP contribution is 2.60. The number of rotatable bonds is 12. The van der Waals surface area contributed by atoms with Crippen LogP contribution < -0.4 is 19.7 Å². The minimum atomic E-state index is -2.53. The Labute approximate surface area is 322 Å². The van der Waals surface area contributed by atoms with Crippen LogP contribution in [-0.2, 0) is 37.8 Å². The van der Waals surface area contributed by atoms with E-state index in [1.807, 2.05) is 78.9 Å². The lowest BCUT2D eigenvalue weighted by Gasteiger charge is -2.37. The van der Waals surface area contributed by atoms with Crippen LogP contribution in [0, 0.1) is 5.92 Å². The molecule has 2 fully saturated rings. The fourth-order valence-electron chi connectivity index (χ4n) is 8.75. The molecule has 12 heteroatoms. The van der Waals surface area contributed by atoms with Crippen molar-refractivity contribution in [1.82, 2.24) is 4.90 Å². The van der Waals surface area contributed by atoms with Gasteiger partial charge in [0.1, 0.15) is 12.4 Å². The molecule has 1 spiro atoms. The van der Waals surface area contributed by atoms with Crippen molar-refractivity contribution < 1.29 is 33.7 Å². The molecule has 3 aliphatic rings. The van der Waals surface area contributed by atoms with Gasteiger partial charge in [-0.15, -0.1) is 0 Å². The second kappa shape index (κ2) is 15.2. The SMILES string of the molecule is COc1ccc([Si](C)(C)[C@@H]2[C@@H](CC(=O)N(CCO)Cc3ccccc3)O[C@]3(C(=O)N(Cc4ccc(N5CCOC5=O)cc4)c4ccc(Cl)cc43)[C@H]2C)cc1. The summed E-state index contributed by atoms with van der Waals surface area (Å²) < 4.78 is 17.8. The van der Waals surface area contributed by atoms with Crippen molar-refractivity contribution in [3.8, 4) is 5.75 Å². The Morgan fingerprint density at radius 3 is 2.37 bits per heavy atom. The first-order valence-electron chi connectivity index (χ1n) is 18.4. The highest BCUT2D eigenvalue weighted by molar-refractivity contribution is 6.91. The summed E-state index contributed by atoms with van der Waals surface area (Å²) in [5.74, 6) is 0.0667. The number of hydrogen-bond donors (Lipinski definition) is 1. The van der Waals surface area contributed by atoms with Crippen molar-refractivity contribution in [3.63, 3.8) is 0 Å². The third kappa shape index (κ3) is 6.78. The number of halogens is 1. The van der Waals surface area contributed by atoms with Gasteiger partial charge in [-0.2, -0.15) is 0 Å². The van der Waals surface area contributed by atoms with E-state index in [2.05, 4.69) is 32.2 Å². The highest BCUT2D eigenvalue weighted by atomic mass is 35.5. The average molecular weight is 768 g/mol. The second-order valence-corrected chi connectivity index (χ2v) is 20.0. The number of anilines is 2. The monoisotopic (exact) mass is 767 g/mol. The Bertz CT molecular complexity index is 2010. The van der Waals surface area contributed by atoms with Crippen molar-refractivity contribution in [1.29, 1.82) is 0 Å². The molecule has 0 radical (unpaired) electrons. The molecule has 7 rings (SSSR count). The van der Waals surface area contributed by atoms with Gasteiger partial charge in [-0.05, 0) is 59.1 Å². The van der Waals surface area contributed by atoms with Crippen LogP contribution in [0.15, 0.2) is 97.1 Å². The van der Waals surface area contributed by atoms with Crippen LogP contribution in [0.25, 0.3) is 0 Å². The van der Waals surface area contributed by atoms with E-state index >= 15 is 4.79 Å². The van der Waals surface area contributed by atoms with Crippen molar-refractivity contribution in [2.24, 2.45) is 5.92 Å². The summed E-state index contributed by atoms with van der Waals surface area (Å²) in [6.07, 6.45) is -0.941. The zero-order valence-electron chi connectivity index (χ0n) is 31.0. The van der Waals surface area contributed by atoms with Gasteiger partial charge in [-0.1, -0.05) is 91.4 Å². The van der Waals surface area contributed by atoms with Gasteiger partial charge in [0.05, 0.1) is 53.1 Å². The maximum Gasteiger partial charge on any atom is 0.414 e. The number of carbonyl (C=O) groups is 3. The van der Waals surface area contributed by atoms with Gasteiger partial charge in [0.25, 0.3) is 5.91 Å². The first-order chi connectivity index (χ1) is 26.0. The average Bonchev–Trinajstić information content (AvgIpc) is 3.80. The molecule has 10 nitrogen and oxygen atoms in total. The van der Waals surface area contributed by atoms with E-state index < -0.39 is 19.8 Å². The molecule has 1 N–H and O–H groups in total. The van der Waals surface area contributed by atoms with Crippen LogP contribution >= 0.6 is 11.6 Å². The van der Waals surface area contributed by atoms with Crippen molar-refractivity contribution in [2.45, 2.75) is 56.8 Å². The summed E-state index contributed by atoms with van der Waals surface area (Å²) in [4.78, 5) is 46.7. The first kappa shape index (κ1) is 37.6. The standard InChI is InChI=1S/C42H46ClN3O7Si/c1-28-39(54(3,4)34-17-15-33(51-2)16-18-34)37(25-38(48)44(20-22-47)26-29-8-6-5-7-9-29)53-42(28)35-24-31(43)12-19-36(35)46(40(42)49)27-30-10-13-32(14-11-30)45-21-23-52-41(45)50/h5-19,24,28,37,39,47H,20-23,25-27H2,1-4H3/t28-,37+,39-,42+/m0/s1. The summed E-state index contributed by atoms with van der Waals surface area (Å²) in [7, 11) is -0.888. The molecule has 4 aromatic carbocycles. The van der Waals surface area contributed by atoms with E-state index in [0.29, 0.717) is 36.0 Å². The topological polar surface area (TPSA) is 109 Å². The molecule has 4 aromatic rings. The molecule has 3 aliphatic heterocycles. The minimum absolute atomic E-state index is 0.0414. The number of nitrogens with zero attached hydrogens (tertiary/aromatic N) is 3. The third-order valence-electron chi connectivity index (χ3n) is 11.5. The summed E-state index contributed by atoms with van der Waals surface area (Å²) >= 11 is 6.69. The zero-order valence-corrected chi connectivity index (χ0v) is 32.8. The maximum absolute atomic E-state index is 15.2. The lowest BCUT2D eigenvalue weighted by molar-refractivity contribution is -0.150. The lowest BCUT2D eigenvalue weighted by atomic mass is 9.82. The number of aliphatic hydroxyl groups is 1. The molecule has 3 heterocycles. The largest absolute Gasteiger partial charge is 0.497 e. The Morgan fingerprint density at radius 2 is 1.72 bits per heavy atom. The summed E-state index contributed by atoms with van der Waals surface area (Å²) in [5.41, 5.74) is 2.41. The Balaban J connectivity index is 1.26. The predicted octanol–water partition coefficient (Wildman–Crippen LogP) is 6.48. The number of aliphatic hydroxyl groups excluding tert-OH is 1. The van der Waals surface area contributed by atoms with Crippen LogP contribution in [0.1, 0.15) is 30.0 Å². The van der Waals surface area contributed by atoms with Crippen molar-refractivity contribution in [3.05, 3.63) is 119 Å². The molecule has 0 aromatic heterocycles. The molecule has 282 valence electrons. The molecule has 0 bridgehead atoms. The molecule has 0 aliphatic carbocycles. The zero-order chi connectivity index (χ0) is 38.2. The summed E-state index contributed by atoms with van der Waals surface area (Å²) in [6, 6.07) is 30.9. The normalized spacial score (nSPS) is 22.1. The van der Waals surface area contributed by atoms with E-state index in [1.165, 1.54) is 0 Å². The lowest BCUT2D eigenvalue weighted by Crippen LogP contribution is -2.52. The molecule has 4 atom stereocenters. The summed E-state index contributed by atoms with van der Waals surface area (Å²) in [5, 5.41) is 11.6. The number of benzene rings is 4. The predicted molar refractivity (Wildman–Crippen MR) is 211 cm³/mol. The second-order valence-electron chi connectivity index (χ2n) is 14.9. The number of carbonyl (C=O) groups excluding carboxylic acids is 3. The number of hydrogen-bond acceptors (Lipinski definition) is 7. The molecule has 3 amide bonds.